The molecular formula is C16H16N2O6S. The number of benzene rings is 1. The summed E-state index contributed by atoms with van der Waals surface area (Å²) < 4.78 is 5.08. The van der Waals surface area contributed by atoms with Gasteiger partial charge in [-0.3, -0.25) is 4.79 Å². The Balaban J connectivity index is 2.25. The number of hydrogen-bond donors (Lipinski definition) is 4. The molecule has 0 bridgehead atoms. The Kier molecular flexibility index (Phi) is 5.60. The van der Waals surface area contributed by atoms with Gasteiger partial charge in [0.1, 0.15) is 16.7 Å². The molecule has 0 unspecified atom stereocenters. The summed E-state index contributed by atoms with van der Waals surface area (Å²) in [4.78, 5) is 34.6. The number of carboxylic acids is 2. The van der Waals surface area contributed by atoms with E-state index in [4.69, 9.17) is 9.84 Å². The van der Waals surface area contributed by atoms with E-state index in [0.717, 1.165) is 16.9 Å². The van der Waals surface area contributed by atoms with E-state index in [1.54, 1.807) is 31.4 Å². The lowest BCUT2D eigenvalue weighted by atomic mass is 10.2. The van der Waals surface area contributed by atoms with Crippen molar-refractivity contribution in [3.8, 4) is 16.2 Å². The Morgan fingerprint density at radius 1 is 1.16 bits per heavy atom. The van der Waals surface area contributed by atoms with Crippen LogP contribution in [0.1, 0.15) is 16.6 Å². The Morgan fingerprint density at radius 2 is 1.80 bits per heavy atom. The molecule has 8 nitrogen and oxygen atoms in total. The van der Waals surface area contributed by atoms with E-state index in [0.29, 0.717) is 10.6 Å². The Labute approximate surface area is 147 Å². The smallest absolute Gasteiger partial charge is 0.348 e. The van der Waals surface area contributed by atoms with Crippen LogP contribution in [0.3, 0.4) is 0 Å². The van der Waals surface area contributed by atoms with Crippen LogP contribution in [-0.2, 0) is 4.79 Å². The summed E-state index contributed by atoms with van der Waals surface area (Å²) in [5.74, 6) is -1.72. The largest absolute Gasteiger partial charge is 0.497 e. The molecule has 0 fully saturated rings. The highest BCUT2D eigenvalue weighted by molar-refractivity contribution is 7.18. The number of rotatable bonds is 6. The van der Waals surface area contributed by atoms with Crippen LogP contribution in [0.15, 0.2) is 30.3 Å². The highest BCUT2D eigenvalue weighted by Crippen LogP contribution is 2.35. The Hall–Kier alpha value is -3.07. The SMILES string of the molecule is COc1ccc(-c2cc(NC(=O)N[C@H](C)C(=O)O)c(C(=O)O)s2)cc1. The van der Waals surface area contributed by atoms with Gasteiger partial charge in [-0.25, -0.2) is 9.59 Å². The molecule has 0 radical (unpaired) electrons. The Bertz CT molecular complexity index is 799. The molecule has 9 heteroatoms. The molecule has 0 aliphatic rings. The van der Waals surface area contributed by atoms with Crippen LogP contribution in [0, 0.1) is 0 Å². The van der Waals surface area contributed by atoms with Gasteiger partial charge in [-0.15, -0.1) is 11.3 Å². The molecule has 25 heavy (non-hydrogen) atoms. The molecule has 0 spiro atoms. The van der Waals surface area contributed by atoms with Gasteiger partial charge in [0.05, 0.1) is 12.8 Å². The second kappa shape index (κ2) is 7.67. The van der Waals surface area contributed by atoms with Gasteiger partial charge in [-0.2, -0.15) is 0 Å². The third kappa shape index (κ3) is 4.48. The lowest BCUT2D eigenvalue weighted by Gasteiger charge is -2.10. The molecule has 2 rings (SSSR count). The van der Waals surface area contributed by atoms with Crippen molar-refractivity contribution < 1.29 is 29.3 Å². The highest BCUT2D eigenvalue weighted by Gasteiger charge is 2.20. The second-order valence-corrected chi connectivity index (χ2v) is 6.10. The molecule has 2 amide bonds. The molecule has 0 aliphatic heterocycles. The number of carbonyl (C=O) groups is 3. The summed E-state index contributed by atoms with van der Waals surface area (Å²) in [6.45, 7) is 1.30. The number of carbonyl (C=O) groups excluding carboxylic acids is 1. The lowest BCUT2D eigenvalue weighted by molar-refractivity contribution is -0.138. The van der Waals surface area contributed by atoms with Gasteiger partial charge < -0.3 is 25.6 Å². The fourth-order valence-corrected chi connectivity index (χ4v) is 2.91. The molecule has 1 heterocycles. The molecule has 4 N–H and O–H groups in total. The normalized spacial score (nSPS) is 11.4. The molecule has 1 aromatic carbocycles. The fourth-order valence-electron chi connectivity index (χ4n) is 1.96. The topological polar surface area (TPSA) is 125 Å². The van der Waals surface area contributed by atoms with Crippen LogP contribution in [-0.4, -0.2) is 41.3 Å². The number of urea groups is 1. The first-order valence-electron chi connectivity index (χ1n) is 7.13. The van der Waals surface area contributed by atoms with E-state index in [-0.39, 0.29) is 10.6 Å². The van der Waals surface area contributed by atoms with E-state index >= 15 is 0 Å². The third-order valence-corrected chi connectivity index (χ3v) is 4.44. The average molecular weight is 364 g/mol. The third-order valence-electron chi connectivity index (χ3n) is 3.27. The number of nitrogens with one attached hydrogen (secondary N) is 2. The number of carboxylic acid groups (broad SMARTS) is 2. The van der Waals surface area contributed by atoms with Crippen molar-refractivity contribution in [3.05, 3.63) is 35.2 Å². The van der Waals surface area contributed by atoms with Gasteiger partial charge >= 0.3 is 18.0 Å². The maximum atomic E-state index is 11.8. The number of ether oxygens (including phenoxy) is 1. The van der Waals surface area contributed by atoms with Crippen LogP contribution in [0.2, 0.25) is 0 Å². The van der Waals surface area contributed by atoms with Crippen molar-refractivity contribution in [3.63, 3.8) is 0 Å². The molecule has 0 saturated heterocycles. The van der Waals surface area contributed by atoms with Crippen molar-refractivity contribution in [2.24, 2.45) is 0 Å². The summed E-state index contributed by atoms with van der Waals surface area (Å²) in [6, 6.07) is 6.65. The second-order valence-electron chi connectivity index (χ2n) is 5.05. The van der Waals surface area contributed by atoms with Crippen LogP contribution in [0.25, 0.3) is 10.4 Å². The van der Waals surface area contributed by atoms with E-state index in [2.05, 4.69) is 10.6 Å². The molecule has 0 aliphatic carbocycles. The average Bonchev–Trinajstić information content (AvgIpc) is 2.98. The van der Waals surface area contributed by atoms with Crippen LogP contribution < -0.4 is 15.4 Å². The van der Waals surface area contributed by atoms with E-state index in [9.17, 15) is 19.5 Å². The minimum absolute atomic E-state index is 0.0519. The first kappa shape index (κ1) is 18.3. The maximum Gasteiger partial charge on any atom is 0.348 e. The van der Waals surface area contributed by atoms with Gasteiger partial charge in [0, 0.05) is 4.88 Å². The predicted octanol–water partition coefficient (Wildman–Crippen LogP) is 2.72. The van der Waals surface area contributed by atoms with Gasteiger partial charge in [0.15, 0.2) is 0 Å². The van der Waals surface area contributed by atoms with E-state index in [1.165, 1.54) is 13.0 Å². The van der Waals surface area contributed by atoms with Crippen molar-refractivity contribution in [1.82, 2.24) is 5.32 Å². The summed E-state index contributed by atoms with van der Waals surface area (Å²) in [5, 5.41) is 22.7. The monoisotopic (exact) mass is 364 g/mol. The number of anilines is 1. The lowest BCUT2D eigenvalue weighted by Crippen LogP contribution is -2.40. The molecular weight excluding hydrogens is 348 g/mol. The van der Waals surface area contributed by atoms with Crippen LogP contribution in [0.4, 0.5) is 10.5 Å². The minimum Gasteiger partial charge on any atom is -0.497 e. The van der Waals surface area contributed by atoms with Crippen LogP contribution >= 0.6 is 11.3 Å². The zero-order chi connectivity index (χ0) is 18.6. The van der Waals surface area contributed by atoms with Gasteiger partial charge in [0.2, 0.25) is 0 Å². The number of hydrogen-bond acceptors (Lipinski definition) is 5. The summed E-state index contributed by atoms with van der Waals surface area (Å²) in [6.07, 6.45) is 0. The first-order chi connectivity index (χ1) is 11.8. The van der Waals surface area contributed by atoms with E-state index < -0.39 is 24.0 Å². The number of aliphatic carboxylic acids is 1. The highest BCUT2D eigenvalue weighted by atomic mass is 32.1. The number of amides is 2. The molecule has 1 aromatic heterocycles. The van der Waals surface area contributed by atoms with E-state index in [1.807, 2.05) is 0 Å². The fraction of sp³-hybridized carbons (Fsp3) is 0.188. The van der Waals surface area contributed by atoms with Crippen molar-refractivity contribution in [1.29, 1.82) is 0 Å². The molecule has 132 valence electrons. The summed E-state index contributed by atoms with van der Waals surface area (Å²) >= 11 is 1.00. The summed E-state index contributed by atoms with van der Waals surface area (Å²) in [5.41, 5.74) is 0.860. The standard InChI is InChI=1S/C16H16N2O6S/c1-8(14(19)20)17-16(23)18-11-7-12(25-13(11)15(21)22)9-3-5-10(24-2)6-4-9/h3-8H,1-2H3,(H,19,20)(H,21,22)(H2,17,18,23)/t8-/m1/s1. The zero-order valence-electron chi connectivity index (χ0n) is 13.4. The van der Waals surface area contributed by atoms with Crippen LogP contribution in [0.5, 0.6) is 5.75 Å². The predicted molar refractivity (Wildman–Crippen MR) is 92.5 cm³/mol. The molecule has 0 saturated carbocycles. The quantitative estimate of drug-likeness (QED) is 0.624. The van der Waals surface area contributed by atoms with Crippen molar-refractivity contribution in [2.75, 3.05) is 12.4 Å². The van der Waals surface area contributed by atoms with Gasteiger partial charge in [-0.1, -0.05) is 0 Å². The minimum atomic E-state index is -1.20. The van der Waals surface area contributed by atoms with Gasteiger partial charge in [0.25, 0.3) is 0 Å². The van der Waals surface area contributed by atoms with Gasteiger partial charge in [-0.05, 0) is 42.8 Å². The van der Waals surface area contributed by atoms with Crippen molar-refractivity contribution >= 4 is 35.0 Å². The Morgan fingerprint density at radius 3 is 2.32 bits per heavy atom. The number of aromatic carboxylic acids is 1. The first-order valence-corrected chi connectivity index (χ1v) is 7.95. The summed E-state index contributed by atoms with van der Waals surface area (Å²) in [7, 11) is 1.54. The number of thiophene rings is 1. The number of methoxy groups -OCH3 is 1. The molecule has 1 atom stereocenters. The molecule has 2 aromatic rings. The maximum absolute atomic E-state index is 11.8. The van der Waals surface area contributed by atoms with Crippen molar-refractivity contribution in [2.45, 2.75) is 13.0 Å². The zero-order valence-corrected chi connectivity index (χ0v) is 14.2.